The number of carbonyl (C=O) groups excluding carboxylic acids is 1. The van der Waals surface area contributed by atoms with Crippen LogP contribution in [0.25, 0.3) is 11.5 Å². The SMILES string of the molecule is CCN(C)CCc1cc(C)c(Oc2nc(-c3ccn(C(=O)C(C)(C)C)n3)ns2)cc1C. The molecule has 8 heteroatoms. The van der Waals surface area contributed by atoms with Crippen molar-refractivity contribution in [1.29, 1.82) is 0 Å². The Morgan fingerprint density at radius 2 is 1.97 bits per heavy atom. The molecule has 0 unspecified atom stereocenters. The summed E-state index contributed by atoms with van der Waals surface area (Å²) >= 11 is 1.17. The van der Waals surface area contributed by atoms with Crippen molar-refractivity contribution in [2.24, 2.45) is 5.41 Å². The van der Waals surface area contributed by atoms with Crippen LogP contribution in [0.4, 0.5) is 0 Å². The molecule has 0 amide bonds. The molecule has 1 aromatic carbocycles. The van der Waals surface area contributed by atoms with Crippen LogP contribution >= 0.6 is 11.5 Å². The van der Waals surface area contributed by atoms with Gasteiger partial charge in [-0.2, -0.15) is 14.5 Å². The normalized spacial score (nSPS) is 11.9. The Balaban J connectivity index is 1.73. The lowest BCUT2D eigenvalue weighted by atomic mass is 9.96. The van der Waals surface area contributed by atoms with Gasteiger partial charge in [0.15, 0.2) is 5.82 Å². The first-order valence-electron chi connectivity index (χ1n) is 10.5. The van der Waals surface area contributed by atoms with E-state index in [1.54, 1.807) is 12.3 Å². The summed E-state index contributed by atoms with van der Waals surface area (Å²) in [7, 11) is 2.13. The number of benzene rings is 1. The number of likely N-dealkylation sites (N-methyl/N-ethyl adjacent to an activating group) is 1. The van der Waals surface area contributed by atoms with Crippen molar-refractivity contribution >= 4 is 17.4 Å². The minimum Gasteiger partial charge on any atom is -0.430 e. The van der Waals surface area contributed by atoms with E-state index in [-0.39, 0.29) is 5.91 Å². The summed E-state index contributed by atoms with van der Waals surface area (Å²) < 4.78 is 11.7. The Morgan fingerprint density at radius 1 is 1.23 bits per heavy atom. The zero-order valence-electron chi connectivity index (χ0n) is 19.4. The number of nitrogens with zero attached hydrogens (tertiary/aromatic N) is 5. The van der Waals surface area contributed by atoms with Gasteiger partial charge in [-0.25, -0.2) is 4.68 Å². The molecule has 0 saturated carbocycles. The first-order valence-corrected chi connectivity index (χ1v) is 11.3. The summed E-state index contributed by atoms with van der Waals surface area (Å²) in [5, 5.41) is 4.79. The summed E-state index contributed by atoms with van der Waals surface area (Å²) in [6.07, 6.45) is 2.66. The standard InChI is InChI=1S/C23H31N5O2S/c1-8-27(7)11-9-17-13-16(3)19(14-15(17)2)30-22-24-20(26-31-22)18-10-12-28(25-18)21(29)23(4,5)6/h10,12-14H,8-9,11H2,1-7H3. The van der Waals surface area contributed by atoms with Gasteiger partial charge in [-0.1, -0.05) is 33.8 Å². The molecule has 7 nitrogen and oxygen atoms in total. The second-order valence-corrected chi connectivity index (χ2v) is 9.59. The van der Waals surface area contributed by atoms with Gasteiger partial charge in [0.1, 0.15) is 11.4 Å². The van der Waals surface area contributed by atoms with Gasteiger partial charge in [0.25, 0.3) is 11.1 Å². The monoisotopic (exact) mass is 441 g/mol. The second kappa shape index (κ2) is 9.28. The fraction of sp³-hybridized carbons (Fsp3) is 0.478. The van der Waals surface area contributed by atoms with E-state index < -0.39 is 5.41 Å². The van der Waals surface area contributed by atoms with Gasteiger partial charge >= 0.3 is 0 Å². The van der Waals surface area contributed by atoms with Crippen molar-refractivity contribution in [3.05, 3.63) is 41.1 Å². The largest absolute Gasteiger partial charge is 0.430 e. The van der Waals surface area contributed by atoms with E-state index in [4.69, 9.17) is 4.74 Å². The Labute approximate surface area is 188 Å². The molecule has 0 N–H and O–H groups in total. The molecule has 166 valence electrons. The third kappa shape index (κ3) is 5.57. The smallest absolute Gasteiger partial charge is 0.299 e. The summed E-state index contributed by atoms with van der Waals surface area (Å²) in [4.78, 5) is 19.2. The van der Waals surface area contributed by atoms with E-state index in [1.807, 2.05) is 27.7 Å². The average Bonchev–Trinajstić information content (AvgIpc) is 3.37. The Hall–Kier alpha value is -2.58. The van der Waals surface area contributed by atoms with E-state index in [9.17, 15) is 4.79 Å². The number of hydrogen-bond acceptors (Lipinski definition) is 7. The highest BCUT2D eigenvalue weighted by molar-refractivity contribution is 7.07. The van der Waals surface area contributed by atoms with Gasteiger partial charge in [-0.3, -0.25) is 4.79 Å². The first kappa shape index (κ1) is 23.1. The van der Waals surface area contributed by atoms with Gasteiger partial charge in [-0.05, 0) is 62.7 Å². The molecular formula is C23H31N5O2S. The maximum atomic E-state index is 12.4. The quantitative estimate of drug-likeness (QED) is 0.514. The molecule has 3 aromatic rings. The Bertz CT molecular complexity index is 1060. The van der Waals surface area contributed by atoms with Crippen molar-refractivity contribution in [1.82, 2.24) is 24.0 Å². The molecule has 2 aromatic heterocycles. The zero-order chi connectivity index (χ0) is 22.8. The van der Waals surface area contributed by atoms with Crippen LogP contribution in [0.2, 0.25) is 0 Å². The summed E-state index contributed by atoms with van der Waals surface area (Å²) in [6, 6.07) is 6.00. The van der Waals surface area contributed by atoms with Crippen LogP contribution in [-0.4, -0.2) is 50.1 Å². The average molecular weight is 442 g/mol. The van der Waals surface area contributed by atoms with Gasteiger partial charge in [0.05, 0.1) is 0 Å². The highest BCUT2D eigenvalue weighted by atomic mass is 32.1. The third-order valence-corrected chi connectivity index (χ3v) is 5.80. The number of aromatic nitrogens is 4. The van der Waals surface area contributed by atoms with Crippen LogP contribution in [0.15, 0.2) is 24.4 Å². The molecule has 0 aliphatic carbocycles. The highest BCUT2D eigenvalue weighted by Gasteiger charge is 2.24. The number of ether oxygens (including phenoxy) is 1. The molecule has 0 saturated heterocycles. The number of hydrogen-bond donors (Lipinski definition) is 0. The van der Waals surface area contributed by atoms with E-state index in [1.165, 1.54) is 27.3 Å². The van der Waals surface area contributed by atoms with E-state index in [0.29, 0.717) is 16.7 Å². The van der Waals surface area contributed by atoms with Crippen LogP contribution in [0.5, 0.6) is 10.9 Å². The molecule has 0 spiro atoms. The molecule has 0 fully saturated rings. The van der Waals surface area contributed by atoms with Crippen molar-refractivity contribution in [2.75, 3.05) is 20.1 Å². The summed E-state index contributed by atoms with van der Waals surface area (Å²) in [5.41, 5.74) is 3.63. The van der Waals surface area contributed by atoms with E-state index >= 15 is 0 Å². The predicted molar refractivity (Wildman–Crippen MR) is 124 cm³/mol. The van der Waals surface area contributed by atoms with Crippen LogP contribution in [-0.2, 0) is 6.42 Å². The molecular weight excluding hydrogens is 410 g/mol. The molecule has 3 rings (SSSR count). The zero-order valence-corrected chi connectivity index (χ0v) is 20.2. The topological polar surface area (TPSA) is 73.1 Å². The van der Waals surface area contributed by atoms with Crippen LogP contribution in [0, 0.1) is 19.3 Å². The minimum atomic E-state index is -0.513. The van der Waals surface area contributed by atoms with Crippen LogP contribution in [0.3, 0.4) is 0 Å². The van der Waals surface area contributed by atoms with Gasteiger partial charge in [0.2, 0.25) is 0 Å². The number of carbonyl (C=O) groups is 1. The summed E-state index contributed by atoms with van der Waals surface area (Å²) in [5.74, 6) is 1.15. The molecule has 31 heavy (non-hydrogen) atoms. The molecule has 0 radical (unpaired) electrons. The lowest BCUT2D eigenvalue weighted by Gasteiger charge is -2.16. The first-order chi connectivity index (χ1) is 14.6. The maximum absolute atomic E-state index is 12.4. The van der Waals surface area contributed by atoms with Gasteiger partial charge < -0.3 is 9.64 Å². The number of aryl methyl sites for hydroxylation is 2. The van der Waals surface area contributed by atoms with Gasteiger partial charge in [0, 0.05) is 29.7 Å². The van der Waals surface area contributed by atoms with Crippen molar-refractivity contribution in [2.45, 2.75) is 48.0 Å². The highest BCUT2D eigenvalue weighted by Crippen LogP contribution is 2.31. The van der Waals surface area contributed by atoms with E-state index in [0.717, 1.165) is 30.8 Å². The van der Waals surface area contributed by atoms with Crippen LogP contribution in [0.1, 0.15) is 49.2 Å². The molecule has 0 atom stereocenters. The Kier molecular flexibility index (Phi) is 6.91. The molecule has 0 bridgehead atoms. The molecule has 0 aliphatic heterocycles. The predicted octanol–water partition coefficient (Wildman–Crippen LogP) is 4.99. The van der Waals surface area contributed by atoms with Crippen molar-refractivity contribution in [3.63, 3.8) is 0 Å². The molecule has 2 heterocycles. The van der Waals surface area contributed by atoms with E-state index in [2.05, 4.69) is 52.4 Å². The molecule has 0 aliphatic rings. The lowest BCUT2D eigenvalue weighted by Crippen LogP contribution is -2.27. The fourth-order valence-electron chi connectivity index (χ4n) is 3.05. The Morgan fingerprint density at radius 3 is 2.65 bits per heavy atom. The lowest BCUT2D eigenvalue weighted by molar-refractivity contribution is 0.0749. The third-order valence-electron chi connectivity index (χ3n) is 5.21. The fourth-order valence-corrected chi connectivity index (χ4v) is 3.60. The second-order valence-electron chi connectivity index (χ2n) is 8.88. The van der Waals surface area contributed by atoms with Crippen molar-refractivity contribution in [3.8, 4) is 22.5 Å². The maximum Gasteiger partial charge on any atom is 0.299 e. The van der Waals surface area contributed by atoms with Crippen LogP contribution < -0.4 is 4.74 Å². The van der Waals surface area contributed by atoms with Gasteiger partial charge in [-0.15, -0.1) is 0 Å². The minimum absolute atomic E-state index is 0.0817. The van der Waals surface area contributed by atoms with Crippen molar-refractivity contribution < 1.29 is 9.53 Å². The summed E-state index contributed by atoms with van der Waals surface area (Å²) in [6.45, 7) is 14.0. The number of rotatable bonds is 7.